The lowest BCUT2D eigenvalue weighted by atomic mass is 10.1. The van der Waals surface area contributed by atoms with Crippen LogP contribution in [0.3, 0.4) is 0 Å². The summed E-state index contributed by atoms with van der Waals surface area (Å²) in [5.74, 6) is -0.699. The van der Waals surface area contributed by atoms with Crippen LogP contribution in [0, 0.1) is 10.1 Å². The molecule has 0 amide bonds. The largest absolute Gasteiger partial charge is 0.466 e. The Labute approximate surface area is 205 Å². The highest BCUT2D eigenvalue weighted by Gasteiger charge is 2.30. The third-order valence-electron chi connectivity index (χ3n) is 5.76. The summed E-state index contributed by atoms with van der Waals surface area (Å²) in [7, 11) is 0. The van der Waals surface area contributed by atoms with E-state index in [9.17, 15) is 14.9 Å². The third kappa shape index (κ3) is 7.01. The average molecular weight is 487 g/mol. The lowest BCUT2D eigenvalue weighted by Gasteiger charge is -2.27. The molecule has 0 atom stereocenters. The first-order chi connectivity index (χ1) is 16.9. The van der Waals surface area contributed by atoms with Crippen molar-refractivity contribution < 1.29 is 19.2 Å². The molecule has 190 valence electrons. The zero-order chi connectivity index (χ0) is 25.2. The van der Waals surface area contributed by atoms with Crippen molar-refractivity contribution >= 4 is 29.0 Å². The fourth-order valence-corrected chi connectivity index (χ4v) is 4.04. The minimum Gasteiger partial charge on any atom is -0.466 e. The maximum Gasteiger partial charge on any atom is 0.353 e. The summed E-state index contributed by atoms with van der Waals surface area (Å²) < 4.78 is 10.7. The molecule has 1 aliphatic heterocycles. The number of nitrogen functional groups attached to an aromatic ring is 1. The minimum atomic E-state index is -0.596. The maximum atomic E-state index is 12.2. The van der Waals surface area contributed by atoms with Gasteiger partial charge in [0.05, 0.1) is 24.6 Å². The van der Waals surface area contributed by atoms with Crippen LogP contribution in [-0.4, -0.2) is 58.6 Å². The molecule has 1 aromatic heterocycles. The van der Waals surface area contributed by atoms with Crippen LogP contribution in [0.2, 0.25) is 0 Å². The van der Waals surface area contributed by atoms with Gasteiger partial charge in [0.2, 0.25) is 11.6 Å². The van der Waals surface area contributed by atoms with Crippen LogP contribution in [-0.2, 0) is 16.1 Å². The van der Waals surface area contributed by atoms with Crippen LogP contribution in [0.4, 0.5) is 23.0 Å². The SMILES string of the molecule is CCCCOc1nc(N)c([N+](=O)[O-])c(N(CCC(=O)OCC)c2ccccc2CN2CCCC2)n1. The number of aromatic nitrogens is 2. The van der Waals surface area contributed by atoms with Crippen LogP contribution < -0.4 is 15.4 Å². The van der Waals surface area contributed by atoms with Crippen LogP contribution in [0.15, 0.2) is 24.3 Å². The third-order valence-corrected chi connectivity index (χ3v) is 5.76. The van der Waals surface area contributed by atoms with E-state index in [1.54, 1.807) is 11.8 Å². The molecule has 0 radical (unpaired) electrons. The fourth-order valence-electron chi connectivity index (χ4n) is 4.04. The second-order valence-corrected chi connectivity index (χ2v) is 8.34. The first-order valence-corrected chi connectivity index (χ1v) is 12.1. The van der Waals surface area contributed by atoms with E-state index in [1.165, 1.54) is 0 Å². The molecule has 1 saturated heterocycles. The minimum absolute atomic E-state index is 0.00725. The molecule has 2 heterocycles. The molecule has 2 aromatic rings. The van der Waals surface area contributed by atoms with Crippen molar-refractivity contribution in [2.75, 3.05) is 43.5 Å². The Morgan fingerprint density at radius 3 is 2.66 bits per heavy atom. The summed E-state index contributed by atoms with van der Waals surface area (Å²) in [6.07, 6.45) is 3.98. The predicted octanol–water partition coefficient (Wildman–Crippen LogP) is 3.83. The zero-order valence-corrected chi connectivity index (χ0v) is 20.4. The van der Waals surface area contributed by atoms with Gasteiger partial charge in [0.25, 0.3) is 0 Å². The summed E-state index contributed by atoms with van der Waals surface area (Å²) in [4.78, 5) is 36.1. The van der Waals surface area contributed by atoms with Crippen molar-refractivity contribution in [3.63, 3.8) is 0 Å². The Morgan fingerprint density at radius 2 is 1.97 bits per heavy atom. The number of unbranched alkanes of at least 4 members (excludes halogenated alkanes) is 1. The van der Waals surface area contributed by atoms with Gasteiger partial charge in [-0.1, -0.05) is 31.5 Å². The Morgan fingerprint density at radius 1 is 1.23 bits per heavy atom. The van der Waals surface area contributed by atoms with Gasteiger partial charge in [-0.25, -0.2) is 0 Å². The molecule has 1 fully saturated rings. The van der Waals surface area contributed by atoms with Gasteiger partial charge in [-0.05, 0) is 50.9 Å². The summed E-state index contributed by atoms with van der Waals surface area (Å²) >= 11 is 0. The van der Waals surface area contributed by atoms with Gasteiger partial charge >= 0.3 is 17.7 Å². The molecule has 11 nitrogen and oxygen atoms in total. The lowest BCUT2D eigenvalue weighted by molar-refractivity contribution is -0.383. The van der Waals surface area contributed by atoms with E-state index in [-0.39, 0.29) is 37.2 Å². The summed E-state index contributed by atoms with van der Waals surface area (Å²) in [5.41, 5.74) is 7.28. The van der Waals surface area contributed by atoms with Crippen LogP contribution in [0.1, 0.15) is 51.5 Å². The predicted molar refractivity (Wildman–Crippen MR) is 133 cm³/mol. The number of anilines is 3. The smallest absolute Gasteiger partial charge is 0.353 e. The monoisotopic (exact) mass is 486 g/mol. The van der Waals surface area contributed by atoms with Crippen molar-refractivity contribution in [2.45, 2.75) is 52.5 Å². The number of nitrogens with zero attached hydrogens (tertiary/aromatic N) is 5. The van der Waals surface area contributed by atoms with E-state index in [4.69, 9.17) is 15.2 Å². The topological polar surface area (TPSA) is 137 Å². The molecule has 0 spiro atoms. The second kappa shape index (κ2) is 12.8. The van der Waals surface area contributed by atoms with E-state index in [2.05, 4.69) is 14.9 Å². The fraction of sp³-hybridized carbons (Fsp3) is 0.542. The first kappa shape index (κ1) is 26.1. The number of para-hydroxylation sites is 1. The van der Waals surface area contributed by atoms with Crippen molar-refractivity contribution in [1.29, 1.82) is 0 Å². The quantitative estimate of drug-likeness (QED) is 0.192. The Bertz CT molecular complexity index is 1010. The van der Waals surface area contributed by atoms with Gasteiger partial charge in [0, 0.05) is 18.8 Å². The molecule has 2 N–H and O–H groups in total. The number of hydrogen-bond acceptors (Lipinski definition) is 10. The van der Waals surface area contributed by atoms with Crippen molar-refractivity contribution in [1.82, 2.24) is 14.9 Å². The maximum absolute atomic E-state index is 12.2. The summed E-state index contributed by atoms with van der Waals surface area (Å²) in [5, 5.41) is 12.0. The number of carbonyl (C=O) groups is 1. The molecule has 11 heteroatoms. The number of ether oxygens (including phenoxy) is 2. The molecule has 3 rings (SSSR count). The van der Waals surface area contributed by atoms with Gasteiger partial charge in [-0.3, -0.25) is 19.8 Å². The van der Waals surface area contributed by atoms with E-state index >= 15 is 0 Å². The summed E-state index contributed by atoms with van der Waals surface area (Å²) in [6.45, 7) is 7.15. The average Bonchev–Trinajstić information content (AvgIpc) is 3.33. The Balaban J connectivity index is 2.07. The number of rotatable bonds is 13. The Kier molecular flexibility index (Phi) is 9.59. The van der Waals surface area contributed by atoms with Gasteiger partial charge in [0.1, 0.15) is 0 Å². The van der Waals surface area contributed by atoms with Crippen LogP contribution >= 0.6 is 0 Å². The van der Waals surface area contributed by atoms with Crippen LogP contribution in [0.5, 0.6) is 6.01 Å². The van der Waals surface area contributed by atoms with Crippen LogP contribution in [0.25, 0.3) is 0 Å². The number of benzene rings is 1. The molecule has 1 aromatic carbocycles. The molecule has 0 saturated carbocycles. The highest BCUT2D eigenvalue weighted by atomic mass is 16.6. The molecule has 0 unspecified atom stereocenters. The summed E-state index contributed by atoms with van der Waals surface area (Å²) in [6, 6.07) is 7.61. The standard InChI is InChI=1S/C24H34N6O5/c1-3-5-16-35-24-26-22(25)21(30(32)33)23(27-24)29(15-12-20(31)34-4-2)19-11-7-6-10-18(19)17-28-13-8-9-14-28/h6-7,10-11H,3-5,8-9,12-17H2,1-2H3,(H2,25,26,27). The number of nitro groups is 1. The van der Waals surface area contributed by atoms with Gasteiger partial charge in [0.15, 0.2) is 0 Å². The van der Waals surface area contributed by atoms with E-state index in [0.717, 1.165) is 44.3 Å². The normalized spacial score (nSPS) is 13.5. The second-order valence-electron chi connectivity index (χ2n) is 8.34. The molecular weight excluding hydrogens is 452 g/mol. The van der Waals surface area contributed by atoms with E-state index in [1.807, 2.05) is 31.2 Å². The number of hydrogen-bond donors (Lipinski definition) is 1. The molecule has 35 heavy (non-hydrogen) atoms. The highest BCUT2D eigenvalue weighted by molar-refractivity contribution is 5.78. The number of nitrogens with two attached hydrogens (primary N) is 1. The van der Waals surface area contributed by atoms with Gasteiger partial charge in [-0.2, -0.15) is 9.97 Å². The van der Waals surface area contributed by atoms with Crippen molar-refractivity contribution in [2.24, 2.45) is 0 Å². The van der Waals surface area contributed by atoms with E-state index in [0.29, 0.717) is 18.8 Å². The Hall–Kier alpha value is -3.47. The van der Waals surface area contributed by atoms with Crippen molar-refractivity contribution in [3.8, 4) is 6.01 Å². The molecule has 0 aliphatic carbocycles. The first-order valence-electron chi connectivity index (χ1n) is 12.1. The molecular formula is C24H34N6O5. The van der Waals surface area contributed by atoms with Gasteiger partial charge in [-0.15, -0.1) is 0 Å². The lowest BCUT2D eigenvalue weighted by Crippen LogP contribution is -2.27. The number of likely N-dealkylation sites (tertiary alicyclic amines) is 1. The van der Waals surface area contributed by atoms with E-state index < -0.39 is 16.6 Å². The molecule has 0 bridgehead atoms. The van der Waals surface area contributed by atoms with Crippen molar-refractivity contribution in [3.05, 3.63) is 39.9 Å². The zero-order valence-electron chi connectivity index (χ0n) is 20.4. The highest BCUT2D eigenvalue weighted by Crippen LogP contribution is 2.38. The van der Waals surface area contributed by atoms with Gasteiger partial charge < -0.3 is 20.1 Å². The number of esters is 1. The number of carbonyl (C=O) groups excluding carboxylic acids is 1. The molecule has 1 aliphatic rings.